The van der Waals surface area contributed by atoms with Gasteiger partial charge in [-0.15, -0.1) is 30.6 Å². The second-order valence-electron chi connectivity index (χ2n) is 3.72. The Bertz CT molecular complexity index is 381. The highest BCUT2D eigenvalue weighted by Gasteiger charge is 2.08. The zero-order valence-corrected chi connectivity index (χ0v) is 13.4. The van der Waals surface area contributed by atoms with Crippen LogP contribution in [0.5, 0.6) is 0 Å². The van der Waals surface area contributed by atoms with Crippen LogP contribution in [0.15, 0.2) is 22.2 Å². The molecule has 0 unspecified atom stereocenters. The Kier molecular flexibility index (Phi) is 8.43. The van der Waals surface area contributed by atoms with Crippen LogP contribution in [-0.2, 0) is 6.42 Å². The number of aliphatic imine (C=N–C) groups is 1. The standard InChI is InChI=1S/C12H20N4O.HI/c1-5-7-14-12(13-4)15-8-6-11-9(2)16-17-10(11)3;/h5H,1,6-8H2,2-4H3,(H2,13,14,15);1H. The Hall–Kier alpha value is -1.05. The molecule has 0 spiro atoms. The summed E-state index contributed by atoms with van der Waals surface area (Å²) in [5, 5.41) is 10.3. The van der Waals surface area contributed by atoms with E-state index in [0.29, 0.717) is 6.54 Å². The van der Waals surface area contributed by atoms with E-state index in [1.165, 1.54) is 0 Å². The van der Waals surface area contributed by atoms with Gasteiger partial charge in [0.25, 0.3) is 0 Å². The fourth-order valence-electron chi connectivity index (χ4n) is 1.55. The summed E-state index contributed by atoms with van der Waals surface area (Å²) in [5.41, 5.74) is 2.12. The molecule has 18 heavy (non-hydrogen) atoms. The lowest BCUT2D eigenvalue weighted by molar-refractivity contribution is 0.392. The molecule has 6 heteroatoms. The molecule has 1 rings (SSSR count). The Labute approximate surface area is 125 Å². The maximum Gasteiger partial charge on any atom is 0.191 e. The van der Waals surface area contributed by atoms with Crippen molar-refractivity contribution in [2.75, 3.05) is 20.1 Å². The van der Waals surface area contributed by atoms with Gasteiger partial charge >= 0.3 is 0 Å². The van der Waals surface area contributed by atoms with Gasteiger partial charge in [0, 0.05) is 25.7 Å². The second-order valence-corrected chi connectivity index (χ2v) is 3.72. The van der Waals surface area contributed by atoms with E-state index in [1.807, 2.05) is 13.8 Å². The van der Waals surface area contributed by atoms with Crippen molar-refractivity contribution < 1.29 is 4.52 Å². The molecule has 5 nitrogen and oxygen atoms in total. The van der Waals surface area contributed by atoms with E-state index in [1.54, 1.807) is 13.1 Å². The van der Waals surface area contributed by atoms with Crippen molar-refractivity contribution in [2.24, 2.45) is 4.99 Å². The average molecular weight is 364 g/mol. The topological polar surface area (TPSA) is 62.5 Å². The molecule has 0 aliphatic carbocycles. The highest BCUT2D eigenvalue weighted by molar-refractivity contribution is 14.0. The molecule has 1 aromatic heterocycles. The number of rotatable bonds is 5. The fourth-order valence-corrected chi connectivity index (χ4v) is 1.55. The SMILES string of the molecule is C=CCNC(=NC)NCCc1c(C)noc1C.I. The van der Waals surface area contributed by atoms with Crippen molar-refractivity contribution in [2.45, 2.75) is 20.3 Å². The number of aromatic nitrogens is 1. The quantitative estimate of drug-likeness (QED) is 0.362. The predicted molar refractivity (Wildman–Crippen MR) is 84.7 cm³/mol. The van der Waals surface area contributed by atoms with Crippen molar-refractivity contribution in [3.8, 4) is 0 Å². The van der Waals surface area contributed by atoms with Gasteiger partial charge in [0.05, 0.1) is 5.69 Å². The molecule has 0 bridgehead atoms. The summed E-state index contributed by atoms with van der Waals surface area (Å²) in [7, 11) is 1.74. The molecule has 0 aromatic carbocycles. The maximum atomic E-state index is 5.11. The summed E-state index contributed by atoms with van der Waals surface area (Å²) in [4.78, 5) is 4.10. The zero-order valence-electron chi connectivity index (χ0n) is 11.1. The first-order valence-corrected chi connectivity index (χ1v) is 5.66. The summed E-state index contributed by atoms with van der Waals surface area (Å²) in [6, 6.07) is 0. The Morgan fingerprint density at radius 2 is 2.17 bits per heavy atom. The van der Waals surface area contributed by atoms with Crippen molar-refractivity contribution in [1.82, 2.24) is 15.8 Å². The van der Waals surface area contributed by atoms with Crippen LogP contribution in [0.2, 0.25) is 0 Å². The molecular formula is C12H21IN4O. The van der Waals surface area contributed by atoms with Crippen LogP contribution < -0.4 is 10.6 Å². The summed E-state index contributed by atoms with van der Waals surface area (Å²) >= 11 is 0. The largest absolute Gasteiger partial charge is 0.361 e. The Morgan fingerprint density at radius 3 is 2.67 bits per heavy atom. The van der Waals surface area contributed by atoms with Gasteiger partial charge in [-0.1, -0.05) is 11.2 Å². The normalized spacial score (nSPS) is 10.7. The van der Waals surface area contributed by atoms with E-state index in [9.17, 15) is 0 Å². The van der Waals surface area contributed by atoms with Crippen molar-refractivity contribution in [3.63, 3.8) is 0 Å². The molecule has 0 aliphatic heterocycles. The third-order valence-corrected chi connectivity index (χ3v) is 2.49. The molecular weight excluding hydrogens is 343 g/mol. The van der Waals surface area contributed by atoms with Crippen LogP contribution in [0.25, 0.3) is 0 Å². The molecule has 0 atom stereocenters. The van der Waals surface area contributed by atoms with Crippen LogP contribution >= 0.6 is 24.0 Å². The van der Waals surface area contributed by atoms with E-state index in [2.05, 4.69) is 27.4 Å². The van der Waals surface area contributed by atoms with Crippen molar-refractivity contribution >= 4 is 29.9 Å². The molecule has 0 radical (unpaired) electrons. The predicted octanol–water partition coefficient (Wildman–Crippen LogP) is 1.80. The summed E-state index contributed by atoms with van der Waals surface area (Å²) in [6.07, 6.45) is 2.66. The van der Waals surface area contributed by atoms with Crippen molar-refractivity contribution in [1.29, 1.82) is 0 Å². The van der Waals surface area contributed by atoms with Gasteiger partial charge in [-0.3, -0.25) is 4.99 Å². The Morgan fingerprint density at radius 1 is 1.44 bits per heavy atom. The van der Waals surface area contributed by atoms with Gasteiger partial charge in [-0.05, 0) is 20.3 Å². The van der Waals surface area contributed by atoms with Gasteiger partial charge in [0.15, 0.2) is 5.96 Å². The van der Waals surface area contributed by atoms with Gasteiger partial charge in [0.1, 0.15) is 5.76 Å². The highest BCUT2D eigenvalue weighted by atomic mass is 127. The van der Waals surface area contributed by atoms with Gasteiger partial charge in [0.2, 0.25) is 0 Å². The minimum Gasteiger partial charge on any atom is -0.361 e. The molecule has 0 saturated heterocycles. The molecule has 1 aromatic rings. The molecule has 0 amide bonds. The van der Waals surface area contributed by atoms with E-state index in [-0.39, 0.29) is 24.0 Å². The van der Waals surface area contributed by atoms with E-state index in [4.69, 9.17) is 4.52 Å². The molecule has 2 N–H and O–H groups in total. The van der Waals surface area contributed by atoms with Gasteiger partial charge in [-0.25, -0.2) is 0 Å². The van der Waals surface area contributed by atoms with E-state index >= 15 is 0 Å². The van der Waals surface area contributed by atoms with Crippen LogP contribution in [0.1, 0.15) is 17.0 Å². The van der Waals surface area contributed by atoms with E-state index in [0.717, 1.165) is 35.9 Å². The number of hydrogen-bond donors (Lipinski definition) is 2. The molecule has 0 fully saturated rings. The second kappa shape index (κ2) is 8.96. The Balaban J connectivity index is 0.00000289. The molecule has 0 saturated carbocycles. The average Bonchev–Trinajstić information content (AvgIpc) is 2.64. The summed E-state index contributed by atoms with van der Waals surface area (Å²) in [6.45, 7) is 9.02. The monoisotopic (exact) mass is 364 g/mol. The minimum absolute atomic E-state index is 0. The minimum atomic E-state index is 0. The van der Waals surface area contributed by atoms with Crippen LogP contribution in [0.3, 0.4) is 0 Å². The molecule has 0 aliphatic rings. The lowest BCUT2D eigenvalue weighted by Crippen LogP contribution is -2.38. The lowest BCUT2D eigenvalue weighted by atomic mass is 10.1. The third kappa shape index (κ3) is 5.07. The zero-order chi connectivity index (χ0) is 12.7. The smallest absolute Gasteiger partial charge is 0.191 e. The first-order chi connectivity index (χ1) is 8.19. The number of nitrogens with one attached hydrogen (secondary N) is 2. The first-order valence-electron chi connectivity index (χ1n) is 5.66. The fraction of sp³-hybridized carbons (Fsp3) is 0.500. The number of hydrogen-bond acceptors (Lipinski definition) is 3. The van der Waals surface area contributed by atoms with Gasteiger partial charge < -0.3 is 15.2 Å². The van der Waals surface area contributed by atoms with Gasteiger partial charge in [-0.2, -0.15) is 0 Å². The van der Waals surface area contributed by atoms with Crippen LogP contribution in [0, 0.1) is 13.8 Å². The first kappa shape index (κ1) is 16.9. The third-order valence-electron chi connectivity index (χ3n) is 2.49. The van der Waals surface area contributed by atoms with Crippen molar-refractivity contribution in [3.05, 3.63) is 29.7 Å². The number of nitrogens with zero attached hydrogens (tertiary/aromatic N) is 2. The number of aryl methyl sites for hydroxylation is 2. The number of guanidine groups is 1. The summed E-state index contributed by atoms with van der Waals surface area (Å²) < 4.78 is 5.11. The highest BCUT2D eigenvalue weighted by Crippen LogP contribution is 2.11. The molecule has 1 heterocycles. The lowest BCUT2D eigenvalue weighted by Gasteiger charge is -2.09. The summed E-state index contributed by atoms with van der Waals surface area (Å²) in [5.74, 6) is 1.66. The molecule has 102 valence electrons. The maximum absolute atomic E-state index is 5.11. The van der Waals surface area contributed by atoms with E-state index < -0.39 is 0 Å². The van der Waals surface area contributed by atoms with Crippen LogP contribution in [-0.4, -0.2) is 31.3 Å². The number of halogens is 1. The van der Waals surface area contributed by atoms with Crippen LogP contribution in [0.4, 0.5) is 0 Å².